The van der Waals surface area contributed by atoms with Gasteiger partial charge in [0.05, 0.1) is 11.6 Å². The maximum atomic E-state index is 12.8. The molecule has 0 saturated heterocycles. The first-order chi connectivity index (χ1) is 8.00. The summed E-state index contributed by atoms with van der Waals surface area (Å²) in [5.74, 6) is 0. The van der Waals surface area contributed by atoms with Gasteiger partial charge < -0.3 is 5.73 Å². The average molecular weight is 258 g/mol. The van der Waals surface area contributed by atoms with Crippen molar-refractivity contribution < 1.29 is 13.2 Å². The Labute approximate surface area is 99.9 Å². The van der Waals surface area contributed by atoms with E-state index in [1.807, 2.05) is 0 Å². The van der Waals surface area contributed by atoms with Gasteiger partial charge in [0.1, 0.15) is 5.01 Å². The van der Waals surface area contributed by atoms with Crippen molar-refractivity contribution in [2.75, 3.05) is 0 Å². The first-order valence-electron chi connectivity index (χ1n) is 4.81. The molecule has 90 valence electrons. The van der Waals surface area contributed by atoms with E-state index < -0.39 is 17.8 Å². The molecule has 1 heterocycles. The molecule has 2 aromatic rings. The van der Waals surface area contributed by atoms with E-state index in [4.69, 9.17) is 5.73 Å². The quantitative estimate of drug-likeness (QED) is 0.898. The molecule has 0 bridgehead atoms. The summed E-state index contributed by atoms with van der Waals surface area (Å²) >= 11 is 1.24. The summed E-state index contributed by atoms with van der Waals surface area (Å²) < 4.78 is 38.3. The fraction of sp³-hybridized carbons (Fsp3) is 0.182. The van der Waals surface area contributed by atoms with E-state index >= 15 is 0 Å². The van der Waals surface area contributed by atoms with Crippen molar-refractivity contribution in [1.82, 2.24) is 4.98 Å². The highest BCUT2D eigenvalue weighted by Gasteiger charge is 2.34. The molecule has 0 aliphatic rings. The Morgan fingerprint density at radius 2 is 1.94 bits per heavy atom. The molecule has 0 aliphatic heterocycles. The van der Waals surface area contributed by atoms with Crippen LogP contribution in [0, 0.1) is 0 Å². The molecule has 1 aromatic carbocycles. The van der Waals surface area contributed by atoms with Crippen molar-refractivity contribution in [2.45, 2.75) is 12.2 Å². The summed E-state index contributed by atoms with van der Waals surface area (Å²) in [5, 5.41) is 2.16. The van der Waals surface area contributed by atoms with Crippen LogP contribution in [0.1, 0.15) is 22.2 Å². The molecule has 0 saturated carbocycles. The van der Waals surface area contributed by atoms with Crippen molar-refractivity contribution in [2.24, 2.45) is 5.73 Å². The number of thiazole rings is 1. The van der Waals surface area contributed by atoms with Crippen LogP contribution in [-0.4, -0.2) is 4.98 Å². The number of rotatable bonds is 2. The first-order valence-corrected chi connectivity index (χ1v) is 5.69. The van der Waals surface area contributed by atoms with E-state index in [2.05, 4.69) is 4.98 Å². The van der Waals surface area contributed by atoms with Crippen LogP contribution in [-0.2, 0) is 6.18 Å². The van der Waals surface area contributed by atoms with Gasteiger partial charge in [-0.15, -0.1) is 11.3 Å². The van der Waals surface area contributed by atoms with Gasteiger partial charge in [-0.25, -0.2) is 4.98 Å². The number of hydrogen-bond acceptors (Lipinski definition) is 3. The van der Waals surface area contributed by atoms with Gasteiger partial charge >= 0.3 is 6.18 Å². The van der Waals surface area contributed by atoms with Gasteiger partial charge in [-0.1, -0.05) is 18.2 Å². The van der Waals surface area contributed by atoms with Crippen LogP contribution in [0.3, 0.4) is 0 Å². The molecule has 0 fully saturated rings. The van der Waals surface area contributed by atoms with Gasteiger partial charge in [-0.05, 0) is 11.6 Å². The fourth-order valence-electron chi connectivity index (χ4n) is 1.55. The van der Waals surface area contributed by atoms with Gasteiger partial charge in [0, 0.05) is 11.6 Å². The van der Waals surface area contributed by atoms with Crippen LogP contribution in [0.15, 0.2) is 35.8 Å². The minimum atomic E-state index is -4.40. The molecule has 0 amide bonds. The molecule has 1 aromatic heterocycles. The molecule has 2 rings (SSSR count). The Hall–Kier alpha value is -1.40. The normalized spacial score (nSPS) is 13.6. The smallest absolute Gasteiger partial charge is 0.318 e. The summed E-state index contributed by atoms with van der Waals surface area (Å²) in [6.45, 7) is 0. The topological polar surface area (TPSA) is 38.9 Å². The third kappa shape index (κ3) is 2.48. The highest BCUT2D eigenvalue weighted by molar-refractivity contribution is 7.09. The van der Waals surface area contributed by atoms with Gasteiger partial charge in [0.2, 0.25) is 0 Å². The zero-order valence-electron chi connectivity index (χ0n) is 8.61. The molecule has 2 nitrogen and oxygen atoms in total. The number of halogens is 3. The van der Waals surface area contributed by atoms with Crippen LogP contribution in [0.5, 0.6) is 0 Å². The largest absolute Gasteiger partial charge is 0.416 e. The van der Waals surface area contributed by atoms with E-state index in [1.54, 1.807) is 5.38 Å². The maximum Gasteiger partial charge on any atom is 0.416 e. The lowest BCUT2D eigenvalue weighted by Gasteiger charge is -2.16. The van der Waals surface area contributed by atoms with Crippen LogP contribution < -0.4 is 5.73 Å². The summed E-state index contributed by atoms with van der Waals surface area (Å²) in [6, 6.07) is 4.46. The number of nitrogens with two attached hydrogens (primary N) is 1. The van der Waals surface area contributed by atoms with Gasteiger partial charge in [-0.2, -0.15) is 13.2 Å². The Bertz CT molecular complexity index is 494. The molecule has 0 radical (unpaired) electrons. The lowest BCUT2D eigenvalue weighted by Crippen LogP contribution is -2.18. The summed E-state index contributed by atoms with van der Waals surface area (Å²) in [7, 11) is 0. The van der Waals surface area contributed by atoms with Gasteiger partial charge in [0.25, 0.3) is 0 Å². The molecule has 0 aliphatic carbocycles. The Morgan fingerprint density at radius 1 is 1.24 bits per heavy atom. The van der Waals surface area contributed by atoms with E-state index in [1.165, 1.54) is 35.7 Å². The van der Waals surface area contributed by atoms with Crippen molar-refractivity contribution >= 4 is 11.3 Å². The van der Waals surface area contributed by atoms with E-state index in [0.717, 1.165) is 6.07 Å². The predicted octanol–water partition coefficient (Wildman–Crippen LogP) is 3.21. The molecular formula is C11H9F3N2S. The highest BCUT2D eigenvalue weighted by Crippen LogP contribution is 2.35. The minimum Gasteiger partial charge on any atom is -0.318 e. The highest BCUT2D eigenvalue weighted by atomic mass is 32.1. The Balaban J connectivity index is 2.46. The van der Waals surface area contributed by atoms with Crippen LogP contribution in [0.25, 0.3) is 0 Å². The number of nitrogens with zero attached hydrogens (tertiary/aromatic N) is 1. The molecule has 0 spiro atoms. The molecule has 17 heavy (non-hydrogen) atoms. The molecular weight excluding hydrogens is 249 g/mol. The van der Waals surface area contributed by atoms with E-state index in [-0.39, 0.29) is 5.56 Å². The Kier molecular flexibility index (Phi) is 3.17. The number of hydrogen-bond donors (Lipinski definition) is 1. The maximum absolute atomic E-state index is 12.8. The number of benzene rings is 1. The number of alkyl halides is 3. The average Bonchev–Trinajstić information content (AvgIpc) is 2.80. The van der Waals surface area contributed by atoms with Crippen molar-refractivity contribution in [3.8, 4) is 0 Å². The lowest BCUT2D eigenvalue weighted by molar-refractivity contribution is -0.138. The summed E-state index contributed by atoms with van der Waals surface area (Å²) in [5.41, 5.74) is 5.15. The lowest BCUT2D eigenvalue weighted by atomic mass is 10.0. The van der Waals surface area contributed by atoms with Crippen molar-refractivity contribution in [3.63, 3.8) is 0 Å². The van der Waals surface area contributed by atoms with E-state index in [9.17, 15) is 13.2 Å². The molecule has 1 atom stereocenters. The zero-order chi connectivity index (χ0) is 12.5. The van der Waals surface area contributed by atoms with Crippen LogP contribution in [0.2, 0.25) is 0 Å². The van der Waals surface area contributed by atoms with Gasteiger partial charge in [0.15, 0.2) is 0 Å². The standard InChI is InChI=1S/C11H9F3N2S/c12-11(13,14)8-4-2-1-3-7(8)9(15)10-16-5-6-17-10/h1-6,9H,15H2. The van der Waals surface area contributed by atoms with E-state index in [0.29, 0.717) is 5.01 Å². The second-order valence-electron chi connectivity index (χ2n) is 3.43. The molecule has 2 N–H and O–H groups in total. The fourth-order valence-corrected chi connectivity index (χ4v) is 2.20. The third-order valence-electron chi connectivity index (χ3n) is 2.32. The second kappa shape index (κ2) is 4.46. The predicted molar refractivity (Wildman–Crippen MR) is 59.6 cm³/mol. The number of aromatic nitrogens is 1. The Morgan fingerprint density at radius 3 is 2.53 bits per heavy atom. The summed E-state index contributed by atoms with van der Waals surface area (Å²) in [6.07, 6.45) is -2.87. The van der Waals surface area contributed by atoms with Crippen molar-refractivity contribution in [3.05, 3.63) is 52.0 Å². The second-order valence-corrected chi connectivity index (χ2v) is 4.36. The van der Waals surface area contributed by atoms with Gasteiger partial charge in [-0.3, -0.25) is 0 Å². The first kappa shape index (κ1) is 12.1. The minimum absolute atomic E-state index is 0.0509. The van der Waals surface area contributed by atoms with Crippen LogP contribution in [0.4, 0.5) is 13.2 Å². The third-order valence-corrected chi connectivity index (χ3v) is 3.18. The molecule has 1 unspecified atom stereocenters. The zero-order valence-corrected chi connectivity index (χ0v) is 9.42. The van der Waals surface area contributed by atoms with Crippen LogP contribution >= 0.6 is 11.3 Å². The van der Waals surface area contributed by atoms with Crippen molar-refractivity contribution in [1.29, 1.82) is 0 Å². The monoisotopic (exact) mass is 258 g/mol. The SMILES string of the molecule is NC(c1nccs1)c1ccccc1C(F)(F)F. The molecule has 6 heteroatoms. The summed E-state index contributed by atoms with van der Waals surface area (Å²) in [4.78, 5) is 3.94.